The molecular formula is C10H5ClF3NO3. The van der Waals surface area contributed by atoms with Crippen LogP contribution in [0.15, 0.2) is 12.1 Å². The SMILES string of the molecule is COC(=O)c1cc(OC(F)(F)F)cc(C#N)c1Cl. The summed E-state index contributed by atoms with van der Waals surface area (Å²) in [5, 5.41) is 8.40. The molecule has 18 heavy (non-hydrogen) atoms. The van der Waals surface area contributed by atoms with E-state index in [1.807, 2.05) is 0 Å². The summed E-state index contributed by atoms with van der Waals surface area (Å²) < 4.78 is 44.1. The molecule has 0 saturated heterocycles. The molecule has 0 heterocycles. The van der Waals surface area contributed by atoms with E-state index in [0.29, 0.717) is 0 Å². The van der Waals surface area contributed by atoms with Crippen LogP contribution in [0.4, 0.5) is 13.2 Å². The van der Waals surface area contributed by atoms with Gasteiger partial charge in [0.05, 0.1) is 23.3 Å². The molecule has 0 saturated carbocycles. The first kappa shape index (κ1) is 14.1. The summed E-state index contributed by atoms with van der Waals surface area (Å²) in [6.45, 7) is 0. The summed E-state index contributed by atoms with van der Waals surface area (Å²) in [5.74, 6) is -1.69. The number of hydrogen-bond donors (Lipinski definition) is 0. The lowest BCUT2D eigenvalue weighted by Crippen LogP contribution is -2.17. The molecule has 0 spiro atoms. The third kappa shape index (κ3) is 3.28. The molecule has 8 heteroatoms. The number of nitrogens with zero attached hydrogens (tertiary/aromatic N) is 1. The zero-order chi connectivity index (χ0) is 13.9. The van der Waals surface area contributed by atoms with Gasteiger partial charge in [-0.05, 0) is 12.1 Å². The monoisotopic (exact) mass is 279 g/mol. The number of carbonyl (C=O) groups excluding carboxylic acids is 1. The van der Waals surface area contributed by atoms with Crippen LogP contribution in [0, 0.1) is 11.3 Å². The number of alkyl halides is 3. The van der Waals surface area contributed by atoms with E-state index in [2.05, 4.69) is 9.47 Å². The second-order valence-electron chi connectivity index (χ2n) is 2.98. The Morgan fingerprint density at radius 3 is 2.50 bits per heavy atom. The van der Waals surface area contributed by atoms with Gasteiger partial charge in [-0.1, -0.05) is 11.6 Å². The first-order valence-corrected chi connectivity index (χ1v) is 4.74. The third-order valence-corrected chi connectivity index (χ3v) is 2.21. The molecule has 0 N–H and O–H groups in total. The Bertz CT molecular complexity index is 522. The van der Waals surface area contributed by atoms with Crippen LogP contribution in [0.2, 0.25) is 5.02 Å². The maximum atomic E-state index is 12.0. The van der Waals surface area contributed by atoms with Crippen molar-refractivity contribution < 1.29 is 27.4 Å². The molecule has 4 nitrogen and oxygen atoms in total. The Hall–Kier alpha value is -1.94. The summed E-state index contributed by atoms with van der Waals surface area (Å²) in [6, 6.07) is 3.09. The van der Waals surface area contributed by atoms with Gasteiger partial charge in [-0.3, -0.25) is 0 Å². The maximum absolute atomic E-state index is 12.0. The largest absolute Gasteiger partial charge is 0.573 e. The van der Waals surface area contributed by atoms with Crippen LogP contribution >= 0.6 is 11.6 Å². The number of hydrogen-bond acceptors (Lipinski definition) is 4. The van der Waals surface area contributed by atoms with Crippen LogP contribution in [0.1, 0.15) is 15.9 Å². The van der Waals surface area contributed by atoms with Gasteiger partial charge in [0, 0.05) is 0 Å². The van der Waals surface area contributed by atoms with Gasteiger partial charge in [0.1, 0.15) is 11.8 Å². The number of ether oxygens (including phenoxy) is 2. The Morgan fingerprint density at radius 2 is 2.06 bits per heavy atom. The number of rotatable bonds is 2. The molecule has 0 unspecified atom stereocenters. The highest BCUT2D eigenvalue weighted by Gasteiger charge is 2.32. The summed E-state index contributed by atoms with van der Waals surface area (Å²) >= 11 is 5.67. The third-order valence-electron chi connectivity index (χ3n) is 1.81. The number of nitriles is 1. The zero-order valence-electron chi connectivity index (χ0n) is 8.84. The second-order valence-corrected chi connectivity index (χ2v) is 3.36. The van der Waals surface area contributed by atoms with E-state index in [1.54, 1.807) is 6.07 Å². The Labute approximate surface area is 104 Å². The van der Waals surface area contributed by atoms with Crippen LogP contribution < -0.4 is 4.74 Å². The summed E-state index contributed by atoms with van der Waals surface area (Å²) in [5.41, 5.74) is -0.698. The van der Waals surface area contributed by atoms with E-state index in [1.165, 1.54) is 0 Å². The molecule has 96 valence electrons. The zero-order valence-corrected chi connectivity index (χ0v) is 9.59. The Balaban J connectivity index is 3.32. The summed E-state index contributed by atoms with van der Waals surface area (Å²) in [4.78, 5) is 11.3. The van der Waals surface area contributed by atoms with Crippen molar-refractivity contribution in [2.45, 2.75) is 6.36 Å². The lowest BCUT2D eigenvalue weighted by Gasteiger charge is -2.11. The predicted octanol–water partition coefficient (Wildman–Crippen LogP) is 2.90. The van der Waals surface area contributed by atoms with Crippen LogP contribution in [-0.2, 0) is 4.74 Å². The van der Waals surface area contributed by atoms with Crippen molar-refractivity contribution in [3.05, 3.63) is 28.3 Å². The topological polar surface area (TPSA) is 59.3 Å². The van der Waals surface area contributed by atoms with Gasteiger partial charge in [0.15, 0.2) is 0 Å². The van der Waals surface area contributed by atoms with Gasteiger partial charge in [0.2, 0.25) is 0 Å². The number of methoxy groups -OCH3 is 1. The lowest BCUT2D eigenvalue weighted by atomic mass is 10.1. The van der Waals surface area contributed by atoms with Crippen molar-refractivity contribution in [1.82, 2.24) is 0 Å². The fourth-order valence-corrected chi connectivity index (χ4v) is 1.36. The number of benzene rings is 1. The van der Waals surface area contributed by atoms with E-state index in [0.717, 1.165) is 19.2 Å². The smallest absolute Gasteiger partial charge is 0.465 e. The minimum absolute atomic E-state index is 0.293. The predicted molar refractivity (Wildman–Crippen MR) is 54.2 cm³/mol. The second kappa shape index (κ2) is 5.14. The number of halogens is 4. The molecule has 0 aliphatic heterocycles. The summed E-state index contributed by atoms with van der Waals surface area (Å²) in [6.07, 6.45) is -4.94. The van der Waals surface area contributed by atoms with Gasteiger partial charge in [-0.2, -0.15) is 5.26 Å². The van der Waals surface area contributed by atoms with Crippen molar-refractivity contribution in [3.8, 4) is 11.8 Å². The standard InChI is InChI=1S/C10H5ClF3NO3/c1-17-9(16)7-3-6(18-10(12,13)14)2-5(4-15)8(7)11/h2-3H,1H3. The molecule has 0 atom stereocenters. The van der Waals surface area contributed by atoms with Crippen molar-refractivity contribution in [2.24, 2.45) is 0 Å². The fraction of sp³-hybridized carbons (Fsp3) is 0.200. The molecule has 1 aromatic rings. The van der Waals surface area contributed by atoms with E-state index in [4.69, 9.17) is 16.9 Å². The molecule has 0 aliphatic carbocycles. The first-order valence-electron chi connectivity index (χ1n) is 4.36. The molecule has 0 fully saturated rings. The van der Waals surface area contributed by atoms with E-state index >= 15 is 0 Å². The molecule has 1 rings (SSSR count). The molecule has 1 aromatic carbocycles. The van der Waals surface area contributed by atoms with Gasteiger partial charge >= 0.3 is 12.3 Å². The van der Waals surface area contributed by atoms with E-state index in [9.17, 15) is 18.0 Å². The highest BCUT2D eigenvalue weighted by Crippen LogP contribution is 2.30. The average Bonchev–Trinajstić information content (AvgIpc) is 2.28. The van der Waals surface area contributed by atoms with E-state index in [-0.39, 0.29) is 16.1 Å². The average molecular weight is 280 g/mol. The quantitative estimate of drug-likeness (QED) is 0.781. The lowest BCUT2D eigenvalue weighted by molar-refractivity contribution is -0.274. The van der Waals surface area contributed by atoms with Gasteiger partial charge in [-0.25, -0.2) is 4.79 Å². The molecule has 0 aliphatic rings. The molecule has 0 aromatic heterocycles. The van der Waals surface area contributed by atoms with Gasteiger partial charge in [0.25, 0.3) is 0 Å². The molecule has 0 bridgehead atoms. The first-order chi connectivity index (χ1) is 8.28. The minimum Gasteiger partial charge on any atom is -0.465 e. The Kier molecular flexibility index (Phi) is 4.03. The molecular weight excluding hydrogens is 275 g/mol. The number of carbonyl (C=O) groups is 1. The van der Waals surface area contributed by atoms with Crippen molar-refractivity contribution in [3.63, 3.8) is 0 Å². The molecule has 0 amide bonds. The highest BCUT2D eigenvalue weighted by atomic mass is 35.5. The number of esters is 1. The highest BCUT2D eigenvalue weighted by molar-refractivity contribution is 6.34. The molecule has 0 radical (unpaired) electrons. The Morgan fingerprint density at radius 1 is 1.44 bits per heavy atom. The van der Waals surface area contributed by atoms with Crippen LogP contribution in [-0.4, -0.2) is 19.4 Å². The minimum atomic E-state index is -4.94. The van der Waals surface area contributed by atoms with Crippen molar-refractivity contribution in [1.29, 1.82) is 5.26 Å². The van der Waals surface area contributed by atoms with Crippen molar-refractivity contribution >= 4 is 17.6 Å². The van der Waals surface area contributed by atoms with Gasteiger partial charge < -0.3 is 9.47 Å². The van der Waals surface area contributed by atoms with E-state index < -0.39 is 18.1 Å². The summed E-state index contributed by atoms with van der Waals surface area (Å²) in [7, 11) is 1.03. The maximum Gasteiger partial charge on any atom is 0.573 e. The normalized spacial score (nSPS) is 10.7. The van der Waals surface area contributed by atoms with Crippen LogP contribution in [0.3, 0.4) is 0 Å². The van der Waals surface area contributed by atoms with Crippen molar-refractivity contribution in [2.75, 3.05) is 7.11 Å². The van der Waals surface area contributed by atoms with Crippen LogP contribution in [0.5, 0.6) is 5.75 Å². The fourth-order valence-electron chi connectivity index (χ4n) is 1.13. The van der Waals surface area contributed by atoms with Crippen LogP contribution in [0.25, 0.3) is 0 Å². The van der Waals surface area contributed by atoms with Gasteiger partial charge in [-0.15, -0.1) is 13.2 Å².